The fourth-order valence-electron chi connectivity index (χ4n) is 0.368. The Kier molecular flexibility index (Phi) is 1.64. The topological polar surface area (TPSA) is 0 Å². The molecule has 0 aromatic heterocycles. The standard InChI is InChI=1S/C4H6I2/c1-2-3(5)4(2)6/h2-4H,1H3/t2-,3+,4-. The third-order valence-electron chi connectivity index (χ3n) is 1.17. The average molecular weight is 308 g/mol. The molecular formula is C4H6I2. The van der Waals surface area contributed by atoms with Crippen molar-refractivity contribution >= 4 is 45.2 Å². The zero-order valence-electron chi connectivity index (χ0n) is 3.49. The van der Waals surface area contributed by atoms with Crippen molar-refractivity contribution in [1.82, 2.24) is 0 Å². The number of halogens is 2. The largest absolute Gasteiger partial charge is 0.0811 e. The Hall–Kier alpha value is 1.46. The van der Waals surface area contributed by atoms with E-state index in [-0.39, 0.29) is 0 Å². The van der Waals surface area contributed by atoms with Gasteiger partial charge in [-0.1, -0.05) is 52.1 Å². The minimum atomic E-state index is 0.975. The summed E-state index contributed by atoms with van der Waals surface area (Å²) in [4.78, 5) is 0. The molecule has 1 saturated carbocycles. The summed E-state index contributed by atoms with van der Waals surface area (Å²) in [6.07, 6.45) is 0. The van der Waals surface area contributed by atoms with E-state index in [1.54, 1.807) is 0 Å². The monoisotopic (exact) mass is 308 g/mol. The van der Waals surface area contributed by atoms with Gasteiger partial charge in [-0.2, -0.15) is 0 Å². The van der Waals surface area contributed by atoms with Crippen LogP contribution in [0.25, 0.3) is 0 Å². The van der Waals surface area contributed by atoms with Gasteiger partial charge in [0.25, 0.3) is 0 Å². The minimum Gasteiger partial charge on any atom is -0.0811 e. The molecule has 0 bridgehead atoms. The fraction of sp³-hybridized carbons (Fsp3) is 1.00. The van der Waals surface area contributed by atoms with Crippen molar-refractivity contribution in [2.24, 2.45) is 5.92 Å². The van der Waals surface area contributed by atoms with E-state index >= 15 is 0 Å². The summed E-state index contributed by atoms with van der Waals surface area (Å²) in [5, 5.41) is 0. The van der Waals surface area contributed by atoms with Gasteiger partial charge in [0, 0.05) is 7.85 Å². The van der Waals surface area contributed by atoms with Crippen LogP contribution in [0.2, 0.25) is 0 Å². The van der Waals surface area contributed by atoms with Crippen LogP contribution in [0, 0.1) is 5.92 Å². The van der Waals surface area contributed by atoms with Crippen LogP contribution in [0.15, 0.2) is 0 Å². The molecule has 6 heavy (non-hydrogen) atoms. The molecule has 1 aliphatic rings. The van der Waals surface area contributed by atoms with Crippen LogP contribution in [0.4, 0.5) is 0 Å². The van der Waals surface area contributed by atoms with Crippen molar-refractivity contribution in [3.8, 4) is 0 Å². The van der Waals surface area contributed by atoms with E-state index < -0.39 is 0 Å². The van der Waals surface area contributed by atoms with Crippen molar-refractivity contribution in [2.45, 2.75) is 14.8 Å². The van der Waals surface area contributed by atoms with Gasteiger partial charge in [-0.15, -0.1) is 0 Å². The number of hydrogen-bond donors (Lipinski definition) is 0. The van der Waals surface area contributed by atoms with Crippen LogP contribution in [-0.4, -0.2) is 7.85 Å². The molecular weight excluding hydrogens is 302 g/mol. The predicted molar refractivity (Wildman–Crippen MR) is 44.8 cm³/mol. The molecule has 0 N–H and O–H groups in total. The molecule has 1 aliphatic carbocycles. The summed E-state index contributed by atoms with van der Waals surface area (Å²) in [6, 6.07) is 0. The summed E-state index contributed by atoms with van der Waals surface area (Å²) in [6.45, 7) is 2.30. The molecule has 0 unspecified atom stereocenters. The van der Waals surface area contributed by atoms with E-state index in [9.17, 15) is 0 Å². The molecule has 0 spiro atoms. The first kappa shape index (κ1) is 5.59. The summed E-state index contributed by atoms with van der Waals surface area (Å²) >= 11 is 5.00. The molecule has 0 aromatic rings. The van der Waals surface area contributed by atoms with Crippen LogP contribution in [0.3, 0.4) is 0 Å². The van der Waals surface area contributed by atoms with E-state index in [4.69, 9.17) is 0 Å². The van der Waals surface area contributed by atoms with Crippen molar-refractivity contribution in [3.05, 3.63) is 0 Å². The highest BCUT2D eigenvalue weighted by molar-refractivity contribution is 14.1. The Morgan fingerprint density at radius 1 is 1.17 bits per heavy atom. The first-order valence-corrected chi connectivity index (χ1v) is 4.51. The highest BCUT2D eigenvalue weighted by Gasteiger charge is 2.42. The molecule has 1 fully saturated rings. The van der Waals surface area contributed by atoms with Gasteiger partial charge in [0.05, 0.1) is 0 Å². The molecule has 0 aliphatic heterocycles. The van der Waals surface area contributed by atoms with E-state index in [1.165, 1.54) is 0 Å². The molecule has 1 rings (SSSR count). The molecule has 0 radical (unpaired) electrons. The number of alkyl halides is 2. The summed E-state index contributed by atoms with van der Waals surface area (Å²) in [5.41, 5.74) is 0. The Bertz CT molecular complexity index is 42.3. The molecule has 0 nitrogen and oxygen atoms in total. The zero-order chi connectivity index (χ0) is 4.73. The smallest absolute Gasteiger partial charge is 0.0266 e. The van der Waals surface area contributed by atoms with E-state index in [0.29, 0.717) is 0 Å². The maximum atomic E-state index is 2.50. The average Bonchev–Trinajstić information content (AvgIpc) is 1.94. The van der Waals surface area contributed by atoms with Crippen molar-refractivity contribution in [3.63, 3.8) is 0 Å². The molecule has 0 amide bonds. The third kappa shape index (κ3) is 0.827. The zero-order valence-corrected chi connectivity index (χ0v) is 7.80. The molecule has 2 heteroatoms. The van der Waals surface area contributed by atoms with E-state index in [0.717, 1.165) is 13.8 Å². The molecule has 0 aromatic carbocycles. The summed E-state index contributed by atoms with van der Waals surface area (Å²) < 4.78 is 1.95. The van der Waals surface area contributed by atoms with Gasteiger partial charge in [0.2, 0.25) is 0 Å². The van der Waals surface area contributed by atoms with E-state index in [2.05, 4.69) is 52.1 Å². The lowest BCUT2D eigenvalue weighted by Gasteiger charge is -1.64. The second kappa shape index (κ2) is 1.76. The lowest BCUT2D eigenvalue weighted by atomic mass is 10.5. The second-order valence-electron chi connectivity index (χ2n) is 1.75. The maximum Gasteiger partial charge on any atom is 0.0266 e. The van der Waals surface area contributed by atoms with Crippen LogP contribution >= 0.6 is 45.2 Å². The quantitative estimate of drug-likeness (QED) is 0.476. The molecule has 0 heterocycles. The predicted octanol–water partition coefficient (Wildman–Crippen LogP) is 2.24. The van der Waals surface area contributed by atoms with E-state index in [1.807, 2.05) is 0 Å². The maximum absolute atomic E-state index is 2.50. The van der Waals surface area contributed by atoms with Crippen LogP contribution in [0.1, 0.15) is 6.92 Å². The highest BCUT2D eigenvalue weighted by atomic mass is 127. The molecule has 36 valence electrons. The number of hydrogen-bond acceptors (Lipinski definition) is 0. The third-order valence-corrected chi connectivity index (χ3v) is 6.36. The summed E-state index contributed by atoms with van der Waals surface area (Å²) in [5.74, 6) is 0.992. The Labute approximate surface area is 65.4 Å². The van der Waals surface area contributed by atoms with Gasteiger partial charge in [-0.25, -0.2) is 0 Å². The van der Waals surface area contributed by atoms with Gasteiger partial charge in [0.15, 0.2) is 0 Å². The van der Waals surface area contributed by atoms with Gasteiger partial charge in [-0.05, 0) is 5.92 Å². The second-order valence-corrected chi connectivity index (χ2v) is 4.62. The number of rotatable bonds is 0. The van der Waals surface area contributed by atoms with Crippen molar-refractivity contribution in [2.75, 3.05) is 0 Å². The Balaban J connectivity index is 2.31. The van der Waals surface area contributed by atoms with Gasteiger partial charge in [0.1, 0.15) is 0 Å². The Morgan fingerprint density at radius 3 is 1.33 bits per heavy atom. The Morgan fingerprint density at radius 2 is 1.33 bits per heavy atom. The van der Waals surface area contributed by atoms with Gasteiger partial charge < -0.3 is 0 Å². The SMILES string of the molecule is C[C@H]1[C@@H](I)[C@H]1I. The van der Waals surface area contributed by atoms with Gasteiger partial charge in [-0.3, -0.25) is 0 Å². The lowest BCUT2D eigenvalue weighted by molar-refractivity contribution is 1.01. The highest BCUT2D eigenvalue weighted by Crippen LogP contribution is 2.44. The lowest BCUT2D eigenvalue weighted by Crippen LogP contribution is -1.61. The first-order valence-electron chi connectivity index (χ1n) is 2.01. The normalized spacial score (nSPS) is 55.5. The fourth-order valence-corrected chi connectivity index (χ4v) is 2.89. The van der Waals surface area contributed by atoms with Crippen molar-refractivity contribution in [1.29, 1.82) is 0 Å². The molecule has 3 atom stereocenters. The van der Waals surface area contributed by atoms with Crippen LogP contribution in [-0.2, 0) is 0 Å². The first-order chi connectivity index (χ1) is 2.73. The minimum absolute atomic E-state index is 0.975. The van der Waals surface area contributed by atoms with Gasteiger partial charge >= 0.3 is 0 Å². The molecule has 0 saturated heterocycles. The van der Waals surface area contributed by atoms with Crippen molar-refractivity contribution < 1.29 is 0 Å². The van der Waals surface area contributed by atoms with Crippen LogP contribution < -0.4 is 0 Å². The summed E-state index contributed by atoms with van der Waals surface area (Å²) in [7, 11) is 0. The van der Waals surface area contributed by atoms with Crippen LogP contribution in [0.5, 0.6) is 0 Å².